The number of nitrogens with two attached hydrogens (primary N) is 1. The van der Waals surface area contributed by atoms with Crippen LogP contribution in [0.4, 0.5) is 5.13 Å². The Balaban J connectivity index is 2.77. The minimum absolute atomic E-state index is 0.167. The molecule has 6 nitrogen and oxygen atoms in total. The topological polar surface area (TPSA) is 105 Å². The summed E-state index contributed by atoms with van der Waals surface area (Å²) in [6, 6.07) is 0. The number of hydrogen-bond donors (Lipinski definition) is 3. The first-order valence-corrected chi connectivity index (χ1v) is 7.87. The van der Waals surface area contributed by atoms with E-state index in [1.165, 1.54) is 30.0 Å². The number of anilines is 1. The van der Waals surface area contributed by atoms with E-state index in [-0.39, 0.29) is 11.7 Å². The predicted molar refractivity (Wildman–Crippen MR) is 80.9 cm³/mol. The molecule has 4 N–H and O–H groups in total. The van der Waals surface area contributed by atoms with Crippen molar-refractivity contribution < 1.29 is 14.7 Å². The maximum atomic E-state index is 12.0. The van der Waals surface area contributed by atoms with Crippen LogP contribution in [0.15, 0.2) is 4.21 Å². The number of carbonyl (C=O) groups is 2. The molecule has 0 fully saturated rings. The lowest BCUT2D eigenvalue weighted by molar-refractivity contribution is -0.136. The van der Waals surface area contributed by atoms with Crippen LogP contribution in [0, 0.1) is 12.8 Å². The Kier molecular flexibility index (Phi) is 5.55. The number of aryl methyl sites for hydroxylation is 1. The molecule has 0 radical (unpaired) electrons. The molecule has 1 atom stereocenters. The van der Waals surface area contributed by atoms with E-state index in [0.29, 0.717) is 5.13 Å². The Bertz CT molecular complexity index is 512. The van der Waals surface area contributed by atoms with Gasteiger partial charge in [-0.2, -0.15) is 0 Å². The zero-order valence-electron chi connectivity index (χ0n) is 11.9. The summed E-state index contributed by atoms with van der Waals surface area (Å²) in [6.07, 6.45) is 0. The largest absolute Gasteiger partial charge is 0.380 e. The van der Waals surface area contributed by atoms with E-state index >= 15 is 0 Å². The number of aliphatic hydroxyl groups is 1. The van der Waals surface area contributed by atoms with E-state index in [4.69, 9.17) is 5.73 Å². The molecule has 1 unspecified atom stereocenters. The fourth-order valence-electron chi connectivity index (χ4n) is 1.19. The van der Waals surface area contributed by atoms with Gasteiger partial charge in [-0.3, -0.25) is 14.9 Å². The maximum Gasteiger partial charge on any atom is 0.258 e. The number of nitrogens with one attached hydrogen (secondary N) is 1. The first-order chi connectivity index (χ1) is 9.14. The summed E-state index contributed by atoms with van der Waals surface area (Å²) >= 11 is 2.54. The van der Waals surface area contributed by atoms with Gasteiger partial charge in [-0.15, -0.1) is 11.8 Å². The number of carbonyl (C=O) groups excluding carboxylic acids is 2. The molecule has 0 aliphatic carbocycles. The number of primary amides is 1. The summed E-state index contributed by atoms with van der Waals surface area (Å²) in [7, 11) is 0. The zero-order valence-corrected chi connectivity index (χ0v) is 13.5. The third-order valence-electron chi connectivity index (χ3n) is 2.90. The normalized spacial score (nSPS) is 14.1. The summed E-state index contributed by atoms with van der Waals surface area (Å²) in [6.45, 7) is 6.79. The first kappa shape index (κ1) is 16.9. The zero-order chi connectivity index (χ0) is 15.5. The summed E-state index contributed by atoms with van der Waals surface area (Å²) < 4.78 is 0.822. The van der Waals surface area contributed by atoms with E-state index < -0.39 is 17.4 Å². The van der Waals surface area contributed by atoms with Gasteiger partial charge in [-0.05, 0) is 19.8 Å². The first-order valence-electron chi connectivity index (χ1n) is 6.07. The fourth-order valence-corrected chi connectivity index (χ4v) is 3.06. The quantitative estimate of drug-likeness (QED) is 0.687. The Hall–Kier alpha value is -1.12. The van der Waals surface area contributed by atoms with Gasteiger partial charge in [0.25, 0.3) is 5.91 Å². The lowest BCUT2D eigenvalue weighted by atomic mass is 9.92. The summed E-state index contributed by atoms with van der Waals surface area (Å²) in [5, 5.41) is 13.1. The molecule has 2 amide bonds. The van der Waals surface area contributed by atoms with Gasteiger partial charge in [0.05, 0.1) is 15.7 Å². The van der Waals surface area contributed by atoms with Crippen molar-refractivity contribution in [2.75, 3.05) is 11.1 Å². The van der Waals surface area contributed by atoms with Crippen molar-refractivity contribution in [2.24, 2.45) is 11.7 Å². The molecule has 112 valence electrons. The number of nitrogens with zero attached hydrogens (tertiary/aromatic N) is 1. The lowest BCUT2D eigenvalue weighted by Gasteiger charge is -2.25. The Morgan fingerprint density at radius 2 is 2.15 bits per heavy atom. The molecule has 0 bridgehead atoms. The second-order valence-corrected chi connectivity index (χ2v) is 7.15. The van der Waals surface area contributed by atoms with Crippen molar-refractivity contribution in [1.82, 2.24) is 4.98 Å². The van der Waals surface area contributed by atoms with Crippen LogP contribution in [0.2, 0.25) is 0 Å². The minimum atomic E-state index is -1.46. The van der Waals surface area contributed by atoms with Crippen molar-refractivity contribution in [3.05, 3.63) is 5.69 Å². The number of hydrogen-bond acceptors (Lipinski definition) is 6. The second kappa shape index (κ2) is 6.55. The summed E-state index contributed by atoms with van der Waals surface area (Å²) in [4.78, 5) is 26.9. The molecule has 1 heterocycles. The van der Waals surface area contributed by atoms with Crippen molar-refractivity contribution in [2.45, 2.75) is 37.5 Å². The van der Waals surface area contributed by atoms with Crippen LogP contribution in [-0.2, 0) is 9.59 Å². The Labute approximate surface area is 126 Å². The highest BCUT2D eigenvalue weighted by atomic mass is 32.2. The van der Waals surface area contributed by atoms with E-state index in [9.17, 15) is 14.7 Å². The summed E-state index contributed by atoms with van der Waals surface area (Å²) in [5.41, 5.74) is 4.35. The van der Waals surface area contributed by atoms with Crippen molar-refractivity contribution >= 4 is 40.0 Å². The molecule has 0 aliphatic rings. The van der Waals surface area contributed by atoms with Gasteiger partial charge in [0.15, 0.2) is 5.13 Å². The molecule has 0 spiro atoms. The number of thiazole rings is 1. The molecule has 1 rings (SSSR count). The standard InChI is InChI=1S/C12H19N3O3S2/c1-6(2)12(4,18)10(17)15-11-14-7(3)9(20-11)19-5-8(13)16/h6,18H,5H2,1-4H3,(H2,13,16)(H,14,15,17). The molecule has 8 heteroatoms. The molecule has 0 aliphatic heterocycles. The van der Waals surface area contributed by atoms with Gasteiger partial charge in [0.1, 0.15) is 5.60 Å². The average Bonchev–Trinajstić information content (AvgIpc) is 2.66. The molecular weight excluding hydrogens is 298 g/mol. The predicted octanol–water partition coefficient (Wildman–Crippen LogP) is 1.37. The Morgan fingerprint density at radius 3 is 2.65 bits per heavy atom. The number of thioether (sulfide) groups is 1. The van der Waals surface area contributed by atoms with Gasteiger partial charge in [0, 0.05) is 0 Å². The van der Waals surface area contributed by atoms with Crippen LogP contribution in [0.1, 0.15) is 26.5 Å². The van der Waals surface area contributed by atoms with Crippen LogP contribution in [0.3, 0.4) is 0 Å². The van der Waals surface area contributed by atoms with Crippen LogP contribution < -0.4 is 11.1 Å². The summed E-state index contributed by atoms with van der Waals surface area (Å²) in [5.74, 6) is -0.948. The van der Waals surface area contributed by atoms with E-state index in [1.54, 1.807) is 20.8 Å². The SMILES string of the molecule is Cc1nc(NC(=O)C(C)(O)C(C)C)sc1SCC(N)=O. The van der Waals surface area contributed by atoms with E-state index in [2.05, 4.69) is 10.3 Å². The van der Waals surface area contributed by atoms with Crippen LogP contribution in [0.5, 0.6) is 0 Å². The molecule has 1 aromatic heterocycles. The number of rotatable bonds is 6. The van der Waals surface area contributed by atoms with Crippen LogP contribution in [-0.4, -0.2) is 33.3 Å². The maximum absolute atomic E-state index is 12.0. The third-order valence-corrected chi connectivity index (χ3v) is 5.36. The molecule has 0 aromatic carbocycles. The highest BCUT2D eigenvalue weighted by Crippen LogP contribution is 2.32. The van der Waals surface area contributed by atoms with E-state index in [0.717, 1.165) is 9.90 Å². The van der Waals surface area contributed by atoms with E-state index in [1.807, 2.05) is 0 Å². The van der Waals surface area contributed by atoms with Gasteiger partial charge in [-0.1, -0.05) is 25.2 Å². The van der Waals surface area contributed by atoms with Crippen molar-refractivity contribution in [3.63, 3.8) is 0 Å². The average molecular weight is 317 g/mol. The smallest absolute Gasteiger partial charge is 0.258 e. The molecule has 0 saturated carbocycles. The van der Waals surface area contributed by atoms with Crippen molar-refractivity contribution in [1.29, 1.82) is 0 Å². The van der Waals surface area contributed by atoms with Crippen LogP contribution in [0.25, 0.3) is 0 Å². The van der Waals surface area contributed by atoms with Gasteiger partial charge >= 0.3 is 0 Å². The number of amides is 2. The van der Waals surface area contributed by atoms with Gasteiger partial charge in [0.2, 0.25) is 5.91 Å². The third kappa shape index (κ3) is 4.19. The second-order valence-electron chi connectivity index (χ2n) is 4.90. The minimum Gasteiger partial charge on any atom is -0.380 e. The highest BCUT2D eigenvalue weighted by molar-refractivity contribution is 8.01. The molecule has 0 saturated heterocycles. The van der Waals surface area contributed by atoms with Crippen LogP contribution >= 0.6 is 23.1 Å². The lowest BCUT2D eigenvalue weighted by Crippen LogP contribution is -2.44. The molecule has 1 aromatic rings. The highest BCUT2D eigenvalue weighted by Gasteiger charge is 2.34. The molecular formula is C12H19N3O3S2. The molecule has 20 heavy (non-hydrogen) atoms. The van der Waals surface area contributed by atoms with Gasteiger partial charge < -0.3 is 10.8 Å². The Morgan fingerprint density at radius 1 is 1.55 bits per heavy atom. The fraction of sp³-hybridized carbons (Fsp3) is 0.583. The monoisotopic (exact) mass is 317 g/mol. The number of aromatic nitrogens is 1. The van der Waals surface area contributed by atoms with Gasteiger partial charge in [-0.25, -0.2) is 4.98 Å². The van der Waals surface area contributed by atoms with Crippen molar-refractivity contribution in [3.8, 4) is 0 Å².